The van der Waals surface area contributed by atoms with Gasteiger partial charge in [-0.25, -0.2) is 0 Å². The highest BCUT2D eigenvalue weighted by molar-refractivity contribution is 7.80. The lowest BCUT2D eigenvalue weighted by Gasteiger charge is -2.35. The third kappa shape index (κ3) is 3.74. The number of rotatable bonds is 3. The van der Waals surface area contributed by atoms with Crippen molar-refractivity contribution in [2.75, 3.05) is 23.8 Å². The van der Waals surface area contributed by atoms with E-state index in [2.05, 4.69) is 29.7 Å². The number of fused-ring (bicyclic) bond motifs is 1. The van der Waals surface area contributed by atoms with Gasteiger partial charge < -0.3 is 20.3 Å². The SMILES string of the molecule is CCc1cccc(NC(=S)N2C[C@@H](C(=O)NC)Oc3ccccc32)c1. The van der Waals surface area contributed by atoms with Crippen molar-refractivity contribution in [3.05, 3.63) is 54.1 Å². The highest BCUT2D eigenvalue weighted by Gasteiger charge is 2.31. The molecule has 1 amide bonds. The summed E-state index contributed by atoms with van der Waals surface area (Å²) in [5.74, 6) is 0.476. The maximum atomic E-state index is 12.1. The second-order valence-electron chi connectivity index (χ2n) is 5.78. The Labute approximate surface area is 153 Å². The molecule has 5 nitrogen and oxygen atoms in total. The monoisotopic (exact) mass is 355 g/mol. The number of carbonyl (C=O) groups is 1. The molecule has 25 heavy (non-hydrogen) atoms. The number of ether oxygens (including phenoxy) is 1. The summed E-state index contributed by atoms with van der Waals surface area (Å²) in [5.41, 5.74) is 3.02. The molecule has 1 aliphatic heterocycles. The molecule has 0 saturated heterocycles. The Morgan fingerprint density at radius 3 is 2.84 bits per heavy atom. The van der Waals surface area contributed by atoms with Crippen molar-refractivity contribution in [1.29, 1.82) is 0 Å². The minimum absolute atomic E-state index is 0.171. The normalized spacial score (nSPS) is 15.8. The van der Waals surface area contributed by atoms with Crippen molar-refractivity contribution in [3.8, 4) is 5.75 Å². The van der Waals surface area contributed by atoms with Crippen LogP contribution < -0.4 is 20.3 Å². The second kappa shape index (κ2) is 7.53. The number of amides is 1. The summed E-state index contributed by atoms with van der Waals surface area (Å²) in [7, 11) is 1.60. The number of nitrogens with zero attached hydrogens (tertiary/aromatic N) is 1. The maximum absolute atomic E-state index is 12.1. The van der Waals surface area contributed by atoms with Gasteiger partial charge in [-0.05, 0) is 48.5 Å². The molecule has 0 bridgehead atoms. The van der Waals surface area contributed by atoms with Gasteiger partial charge in [-0.2, -0.15) is 0 Å². The molecule has 2 aromatic carbocycles. The quantitative estimate of drug-likeness (QED) is 0.829. The lowest BCUT2D eigenvalue weighted by Crippen LogP contribution is -2.51. The molecule has 1 atom stereocenters. The summed E-state index contributed by atoms with van der Waals surface area (Å²) < 4.78 is 5.81. The first-order valence-corrected chi connectivity index (χ1v) is 8.68. The van der Waals surface area contributed by atoms with E-state index in [1.54, 1.807) is 7.05 Å². The predicted octanol–water partition coefficient (Wildman–Crippen LogP) is 2.96. The van der Waals surface area contributed by atoms with Gasteiger partial charge in [0.15, 0.2) is 11.2 Å². The molecule has 3 rings (SSSR count). The van der Waals surface area contributed by atoms with E-state index < -0.39 is 6.10 Å². The molecule has 0 aliphatic carbocycles. The summed E-state index contributed by atoms with van der Waals surface area (Å²) in [6.45, 7) is 2.47. The highest BCUT2D eigenvalue weighted by Crippen LogP contribution is 2.33. The standard InChI is InChI=1S/C19H21N3O2S/c1-3-13-7-6-8-14(11-13)21-19(25)22-12-17(18(23)20-2)24-16-10-5-4-9-15(16)22/h4-11,17H,3,12H2,1-2H3,(H,20,23)(H,21,25)/t17-/m0/s1. The van der Waals surface area contributed by atoms with E-state index in [0.717, 1.165) is 17.8 Å². The van der Waals surface area contributed by atoms with Gasteiger partial charge in [0.25, 0.3) is 5.91 Å². The first-order chi connectivity index (χ1) is 12.1. The topological polar surface area (TPSA) is 53.6 Å². The third-order valence-corrected chi connectivity index (χ3v) is 4.47. The Bertz CT molecular complexity index is 794. The number of likely N-dealkylation sites (N-methyl/N-ethyl adjacent to an activating group) is 1. The van der Waals surface area contributed by atoms with Crippen molar-refractivity contribution >= 4 is 34.6 Å². The number of hydrogen-bond donors (Lipinski definition) is 2. The summed E-state index contributed by atoms with van der Waals surface area (Å²) in [6, 6.07) is 15.7. The molecular weight excluding hydrogens is 334 g/mol. The Kier molecular flexibility index (Phi) is 5.19. The number of carbonyl (C=O) groups excluding carboxylic acids is 1. The van der Waals surface area contributed by atoms with Crippen molar-refractivity contribution in [3.63, 3.8) is 0 Å². The van der Waals surface area contributed by atoms with Gasteiger partial charge >= 0.3 is 0 Å². The van der Waals surface area contributed by atoms with E-state index in [-0.39, 0.29) is 5.91 Å². The van der Waals surface area contributed by atoms with Crippen molar-refractivity contribution in [2.45, 2.75) is 19.4 Å². The van der Waals surface area contributed by atoms with Gasteiger partial charge in [0.05, 0.1) is 12.2 Å². The van der Waals surface area contributed by atoms with Crippen LogP contribution in [0, 0.1) is 0 Å². The zero-order valence-corrected chi connectivity index (χ0v) is 15.1. The van der Waals surface area contributed by atoms with Crippen molar-refractivity contribution in [1.82, 2.24) is 5.32 Å². The van der Waals surface area contributed by atoms with Crippen molar-refractivity contribution in [2.24, 2.45) is 0 Å². The molecule has 0 fully saturated rings. The van der Waals surface area contributed by atoms with Crippen LogP contribution in [0.4, 0.5) is 11.4 Å². The smallest absolute Gasteiger partial charge is 0.262 e. The van der Waals surface area contributed by atoms with Crippen LogP contribution in [0.25, 0.3) is 0 Å². The van der Waals surface area contributed by atoms with Crippen LogP contribution in [0.15, 0.2) is 48.5 Å². The number of anilines is 2. The Morgan fingerprint density at radius 2 is 2.08 bits per heavy atom. The predicted molar refractivity (Wildman–Crippen MR) is 104 cm³/mol. The van der Waals surface area contributed by atoms with Crippen LogP contribution in [-0.2, 0) is 11.2 Å². The zero-order valence-electron chi connectivity index (χ0n) is 14.3. The summed E-state index contributed by atoms with van der Waals surface area (Å²) in [4.78, 5) is 14.0. The van der Waals surface area contributed by atoms with E-state index in [0.29, 0.717) is 17.4 Å². The molecule has 1 aliphatic rings. The van der Waals surface area contributed by atoms with Gasteiger partial charge in [0, 0.05) is 12.7 Å². The molecule has 1 heterocycles. The van der Waals surface area contributed by atoms with Crippen LogP contribution in [0.3, 0.4) is 0 Å². The fourth-order valence-electron chi connectivity index (χ4n) is 2.78. The van der Waals surface area contributed by atoms with Crippen LogP contribution >= 0.6 is 12.2 Å². The number of hydrogen-bond acceptors (Lipinski definition) is 3. The maximum Gasteiger partial charge on any atom is 0.262 e. The van der Waals surface area contributed by atoms with E-state index in [4.69, 9.17) is 17.0 Å². The molecule has 0 aromatic heterocycles. The fourth-order valence-corrected chi connectivity index (χ4v) is 3.07. The van der Waals surface area contributed by atoms with Gasteiger partial charge in [-0.1, -0.05) is 31.2 Å². The zero-order chi connectivity index (χ0) is 17.8. The summed E-state index contributed by atoms with van der Waals surface area (Å²) in [6.07, 6.45) is 0.350. The first-order valence-electron chi connectivity index (χ1n) is 8.27. The van der Waals surface area contributed by atoms with Crippen LogP contribution in [0.2, 0.25) is 0 Å². The van der Waals surface area contributed by atoms with Crippen LogP contribution in [0.5, 0.6) is 5.75 Å². The second-order valence-corrected chi connectivity index (χ2v) is 6.17. The highest BCUT2D eigenvalue weighted by atomic mass is 32.1. The molecule has 0 radical (unpaired) electrons. The van der Waals surface area contributed by atoms with Crippen LogP contribution in [-0.4, -0.2) is 30.7 Å². The number of aryl methyl sites for hydroxylation is 1. The molecule has 2 N–H and O–H groups in total. The molecule has 0 unspecified atom stereocenters. The number of para-hydroxylation sites is 2. The van der Waals surface area contributed by atoms with E-state index in [1.807, 2.05) is 41.3 Å². The van der Waals surface area contributed by atoms with Crippen LogP contribution in [0.1, 0.15) is 12.5 Å². The third-order valence-electron chi connectivity index (χ3n) is 4.14. The average molecular weight is 355 g/mol. The van der Waals surface area contributed by atoms with E-state index >= 15 is 0 Å². The minimum Gasteiger partial charge on any atom is -0.477 e. The number of nitrogens with one attached hydrogen (secondary N) is 2. The Balaban J connectivity index is 1.86. The van der Waals surface area contributed by atoms with Gasteiger partial charge in [0.1, 0.15) is 5.75 Å². The first kappa shape index (κ1) is 17.2. The lowest BCUT2D eigenvalue weighted by atomic mass is 10.1. The molecule has 130 valence electrons. The van der Waals surface area contributed by atoms with Crippen molar-refractivity contribution < 1.29 is 9.53 Å². The van der Waals surface area contributed by atoms with Gasteiger partial charge in [-0.15, -0.1) is 0 Å². The largest absolute Gasteiger partial charge is 0.477 e. The summed E-state index contributed by atoms with van der Waals surface area (Å²) in [5, 5.41) is 6.45. The molecule has 0 spiro atoms. The molecular formula is C19H21N3O2S. The Morgan fingerprint density at radius 1 is 1.28 bits per heavy atom. The number of thiocarbonyl (C=S) groups is 1. The minimum atomic E-state index is -0.610. The molecule has 2 aromatic rings. The molecule has 6 heteroatoms. The fraction of sp³-hybridized carbons (Fsp3) is 0.263. The van der Waals surface area contributed by atoms with Gasteiger partial charge in [0.2, 0.25) is 0 Å². The van der Waals surface area contributed by atoms with Gasteiger partial charge in [-0.3, -0.25) is 4.79 Å². The van der Waals surface area contributed by atoms with E-state index in [1.165, 1.54) is 5.56 Å². The molecule has 0 saturated carbocycles. The number of benzene rings is 2. The van der Waals surface area contributed by atoms with E-state index in [9.17, 15) is 4.79 Å². The summed E-state index contributed by atoms with van der Waals surface area (Å²) >= 11 is 5.61. The lowest BCUT2D eigenvalue weighted by molar-refractivity contribution is -0.127. The average Bonchev–Trinajstić information content (AvgIpc) is 2.66. The Hall–Kier alpha value is -2.60.